The number of aliphatic hydroxyl groups excluding tert-OH is 2. The first-order valence-corrected chi connectivity index (χ1v) is 11.1. The Morgan fingerprint density at radius 3 is 2.50 bits per heavy atom. The number of piperidine rings is 1. The molecule has 0 spiro atoms. The minimum atomic E-state index is -1.48. The van der Waals surface area contributed by atoms with Gasteiger partial charge in [0.1, 0.15) is 24.1 Å². The second-order valence-corrected chi connectivity index (χ2v) is 8.43. The van der Waals surface area contributed by atoms with E-state index in [2.05, 4.69) is 20.3 Å². The van der Waals surface area contributed by atoms with E-state index in [-0.39, 0.29) is 11.7 Å². The number of benzene rings is 1. The number of hydrogen-bond acceptors (Lipinski definition) is 9. The van der Waals surface area contributed by atoms with Gasteiger partial charge in [-0.15, -0.1) is 0 Å². The van der Waals surface area contributed by atoms with Crippen LogP contribution in [0.25, 0.3) is 11.2 Å². The van der Waals surface area contributed by atoms with E-state index in [0.717, 1.165) is 32.4 Å². The van der Waals surface area contributed by atoms with Crippen LogP contribution in [0.5, 0.6) is 0 Å². The first-order valence-electron chi connectivity index (χ1n) is 11.1. The third-order valence-electron chi connectivity index (χ3n) is 6.20. The molecule has 0 saturated carbocycles. The number of ether oxygens (including phenoxy) is 1. The number of carbonyl (C=O) groups excluding carboxylic acids is 2. The number of nitrogen functional groups attached to an aromatic ring is 1. The highest BCUT2D eigenvalue weighted by Crippen LogP contribution is 2.32. The molecule has 4 atom stereocenters. The second kappa shape index (κ2) is 8.97. The molecule has 2 aliphatic heterocycles. The van der Waals surface area contributed by atoms with E-state index in [0.29, 0.717) is 22.4 Å². The molecule has 2 aromatic heterocycles. The van der Waals surface area contributed by atoms with E-state index >= 15 is 0 Å². The number of rotatable bonds is 4. The van der Waals surface area contributed by atoms with Crippen LogP contribution in [0.3, 0.4) is 0 Å². The normalized spacial score (nSPS) is 24.9. The summed E-state index contributed by atoms with van der Waals surface area (Å²) in [6.45, 7) is 1.51. The molecule has 3 aromatic rings. The predicted octanol–water partition coefficient (Wildman–Crippen LogP) is 0.292. The Morgan fingerprint density at radius 2 is 1.76 bits per heavy atom. The van der Waals surface area contributed by atoms with Crippen molar-refractivity contribution in [3.63, 3.8) is 0 Å². The molecule has 2 saturated heterocycles. The summed E-state index contributed by atoms with van der Waals surface area (Å²) in [4.78, 5) is 39.4. The molecule has 5 N–H and O–H groups in total. The number of aromatic nitrogens is 4. The number of fused-ring (bicyclic) bond motifs is 1. The average molecular weight is 467 g/mol. The van der Waals surface area contributed by atoms with Gasteiger partial charge in [0.15, 0.2) is 23.8 Å². The van der Waals surface area contributed by atoms with Crippen LogP contribution in [0.4, 0.5) is 11.5 Å². The van der Waals surface area contributed by atoms with Crippen molar-refractivity contribution in [2.24, 2.45) is 0 Å². The van der Waals surface area contributed by atoms with E-state index in [1.54, 1.807) is 24.3 Å². The van der Waals surface area contributed by atoms with Gasteiger partial charge >= 0.3 is 0 Å². The van der Waals surface area contributed by atoms with Gasteiger partial charge < -0.3 is 30.9 Å². The van der Waals surface area contributed by atoms with Gasteiger partial charge in [0.05, 0.1) is 6.33 Å². The number of aliphatic hydroxyl groups is 2. The van der Waals surface area contributed by atoms with Gasteiger partial charge in [-0.1, -0.05) is 0 Å². The first kappa shape index (κ1) is 22.2. The van der Waals surface area contributed by atoms with Gasteiger partial charge in [-0.2, -0.15) is 0 Å². The van der Waals surface area contributed by atoms with Crippen molar-refractivity contribution in [1.29, 1.82) is 0 Å². The summed E-state index contributed by atoms with van der Waals surface area (Å²) in [6, 6.07) is 6.54. The Labute approximate surface area is 194 Å². The standard InChI is InChI=1S/C22H25N7O5/c23-18-14-19(25-10-24-18)29(11-26-14)22-16(31)15(30)17(34-22)20(32)27-13-6-4-12(5-7-13)21(33)28-8-2-1-3-9-28/h4-7,10-11,15-17,22,30-31H,1-3,8-9H2,(H,27,32)(H2,23,24,25)/t15-,16+,17-,22+/m0/s1. The number of nitrogens with one attached hydrogen (secondary N) is 1. The van der Waals surface area contributed by atoms with Crippen LogP contribution in [0.2, 0.25) is 0 Å². The lowest BCUT2D eigenvalue weighted by atomic mass is 10.1. The molecular formula is C22H25N7O5. The molecule has 0 bridgehead atoms. The van der Waals surface area contributed by atoms with E-state index in [1.807, 2.05) is 4.90 Å². The quantitative estimate of drug-likeness (QED) is 0.421. The maximum atomic E-state index is 12.8. The fourth-order valence-electron chi connectivity index (χ4n) is 4.35. The molecule has 12 heteroatoms. The van der Waals surface area contributed by atoms with Gasteiger partial charge in [0.2, 0.25) is 0 Å². The van der Waals surface area contributed by atoms with Crippen molar-refractivity contribution in [3.8, 4) is 0 Å². The number of nitrogens with zero attached hydrogens (tertiary/aromatic N) is 5. The molecular weight excluding hydrogens is 442 g/mol. The highest BCUT2D eigenvalue weighted by atomic mass is 16.6. The number of nitrogens with two attached hydrogens (primary N) is 1. The van der Waals surface area contributed by atoms with E-state index < -0.39 is 30.4 Å². The molecule has 2 aliphatic rings. The molecule has 2 fully saturated rings. The third kappa shape index (κ3) is 3.95. The summed E-state index contributed by atoms with van der Waals surface area (Å²) in [5.41, 5.74) is 7.39. The summed E-state index contributed by atoms with van der Waals surface area (Å²) in [7, 11) is 0. The van der Waals surface area contributed by atoms with Crippen LogP contribution in [0.15, 0.2) is 36.9 Å². The van der Waals surface area contributed by atoms with Crippen LogP contribution in [0.1, 0.15) is 35.8 Å². The molecule has 0 aliphatic carbocycles. The molecule has 4 heterocycles. The monoisotopic (exact) mass is 467 g/mol. The summed E-state index contributed by atoms with van der Waals surface area (Å²) in [6.07, 6.45) is 0.415. The number of hydrogen-bond donors (Lipinski definition) is 4. The predicted molar refractivity (Wildman–Crippen MR) is 120 cm³/mol. The van der Waals surface area contributed by atoms with Crippen molar-refractivity contribution in [2.45, 2.75) is 43.8 Å². The van der Waals surface area contributed by atoms with E-state index in [1.165, 1.54) is 17.2 Å². The Balaban J connectivity index is 1.27. The lowest BCUT2D eigenvalue weighted by Crippen LogP contribution is -2.39. The van der Waals surface area contributed by atoms with Crippen molar-refractivity contribution >= 4 is 34.5 Å². The third-order valence-corrected chi connectivity index (χ3v) is 6.20. The molecule has 5 rings (SSSR count). The minimum absolute atomic E-state index is 0.0323. The summed E-state index contributed by atoms with van der Waals surface area (Å²) >= 11 is 0. The zero-order chi connectivity index (χ0) is 23.8. The van der Waals surface area contributed by atoms with Crippen molar-refractivity contribution < 1.29 is 24.5 Å². The summed E-state index contributed by atoms with van der Waals surface area (Å²) < 4.78 is 7.10. The fraction of sp³-hybridized carbons (Fsp3) is 0.409. The van der Waals surface area contributed by atoms with E-state index in [9.17, 15) is 19.8 Å². The Morgan fingerprint density at radius 1 is 1.03 bits per heavy atom. The Bertz CT molecular complexity index is 1210. The lowest BCUT2D eigenvalue weighted by molar-refractivity contribution is -0.132. The lowest BCUT2D eigenvalue weighted by Gasteiger charge is -2.26. The van der Waals surface area contributed by atoms with Crippen LogP contribution < -0.4 is 11.1 Å². The van der Waals surface area contributed by atoms with Gasteiger partial charge in [-0.05, 0) is 43.5 Å². The van der Waals surface area contributed by atoms with Crippen molar-refractivity contribution in [1.82, 2.24) is 24.4 Å². The van der Waals surface area contributed by atoms with Crippen LogP contribution in [-0.4, -0.2) is 77.8 Å². The number of amides is 2. The number of likely N-dealkylation sites (tertiary alicyclic amines) is 1. The largest absolute Gasteiger partial charge is 0.387 e. The Kier molecular flexibility index (Phi) is 5.86. The van der Waals surface area contributed by atoms with Crippen molar-refractivity contribution in [3.05, 3.63) is 42.5 Å². The van der Waals surface area contributed by atoms with Crippen LogP contribution in [-0.2, 0) is 9.53 Å². The molecule has 12 nitrogen and oxygen atoms in total. The first-order chi connectivity index (χ1) is 16.4. The summed E-state index contributed by atoms with van der Waals surface area (Å²) in [5, 5.41) is 23.7. The summed E-state index contributed by atoms with van der Waals surface area (Å²) in [5.74, 6) is -0.508. The SMILES string of the molecule is Nc1ncnc2c1ncn2[C@@H]1O[C@H](C(=O)Nc2ccc(C(=O)N3CCCCC3)cc2)[C@@H](O)[C@H]1O. The number of carbonyl (C=O) groups is 2. The number of imidazole rings is 1. The van der Waals surface area contributed by atoms with Crippen molar-refractivity contribution in [2.75, 3.05) is 24.1 Å². The van der Waals surface area contributed by atoms with Gasteiger partial charge in [-0.3, -0.25) is 14.2 Å². The smallest absolute Gasteiger partial charge is 0.256 e. The Hall–Kier alpha value is -3.61. The molecule has 34 heavy (non-hydrogen) atoms. The molecule has 178 valence electrons. The maximum absolute atomic E-state index is 12.8. The second-order valence-electron chi connectivity index (χ2n) is 8.43. The minimum Gasteiger partial charge on any atom is -0.387 e. The highest BCUT2D eigenvalue weighted by molar-refractivity contribution is 5.97. The maximum Gasteiger partial charge on any atom is 0.256 e. The average Bonchev–Trinajstić information content (AvgIpc) is 3.41. The zero-order valence-electron chi connectivity index (χ0n) is 18.2. The topological polar surface area (TPSA) is 169 Å². The van der Waals surface area contributed by atoms with Crippen LogP contribution in [0, 0.1) is 0 Å². The van der Waals surface area contributed by atoms with Gasteiger partial charge in [0.25, 0.3) is 11.8 Å². The highest BCUT2D eigenvalue weighted by Gasteiger charge is 2.47. The van der Waals surface area contributed by atoms with E-state index in [4.69, 9.17) is 10.5 Å². The molecule has 1 aromatic carbocycles. The molecule has 2 amide bonds. The zero-order valence-corrected chi connectivity index (χ0v) is 18.2. The number of anilines is 2. The molecule has 0 radical (unpaired) electrons. The molecule has 0 unspecified atom stereocenters. The van der Waals surface area contributed by atoms with Crippen LogP contribution >= 0.6 is 0 Å². The van der Waals surface area contributed by atoms with Gasteiger partial charge in [0, 0.05) is 24.3 Å². The van der Waals surface area contributed by atoms with Gasteiger partial charge in [-0.25, -0.2) is 15.0 Å². The fourth-order valence-corrected chi connectivity index (χ4v) is 4.35.